The summed E-state index contributed by atoms with van der Waals surface area (Å²) in [7, 11) is 0. The van der Waals surface area contributed by atoms with E-state index in [1.165, 1.54) is 12.1 Å². The number of amides is 1. The van der Waals surface area contributed by atoms with Crippen molar-refractivity contribution < 1.29 is 14.5 Å². The summed E-state index contributed by atoms with van der Waals surface area (Å²) in [6.45, 7) is 3.15. The Morgan fingerprint density at radius 3 is 2.12 bits per heavy atom. The van der Waals surface area contributed by atoms with Crippen LogP contribution in [0.4, 0.5) is 5.69 Å². The maximum absolute atomic E-state index is 12.3. The fourth-order valence-corrected chi connectivity index (χ4v) is 3.79. The number of benzene rings is 4. The van der Waals surface area contributed by atoms with Gasteiger partial charge in [0.2, 0.25) is 0 Å². The lowest BCUT2D eigenvalue weighted by Crippen LogP contribution is -2.25. The average molecular weight is 427 g/mol. The first-order valence-electron chi connectivity index (χ1n) is 10.0. The molecule has 1 N–H and O–H groups in total. The zero-order chi connectivity index (χ0) is 22.7. The number of fused-ring (bicyclic) bond motifs is 2. The summed E-state index contributed by atoms with van der Waals surface area (Å²) in [6.07, 6.45) is 1.64. The van der Waals surface area contributed by atoms with E-state index in [1.54, 1.807) is 20.1 Å². The SMILES string of the molecule is Cc1cc([N+](=O)[O-])cc(C)c1OCC(=O)N/N=C\c1c2ccccc2cc2ccccc12. The van der Waals surface area contributed by atoms with E-state index in [9.17, 15) is 14.9 Å². The molecule has 0 fully saturated rings. The Bertz CT molecular complexity index is 1300. The molecule has 32 heavy (non-hydrogen) atoms. The quantitative estimate of drug-likeness (QED) is 0.202. The van der Waals surface area contributed by atoms with Crippen molar-refractivity contribution >= 4 is 39.4 Å². The van der Waals surface area contributed by atoms with Gasteiger partial charge in [-0.15, -0.1) is 0 Å². The molecule has 0 unspecified atom stereocenters. The molecule has 0 aliphatic rings. The number of hydrogen-bond donors (Lipinski definition) is 1. The van der Waals surface area contributed by atoms with Gasteiger partial charge in [0, 0.05) is 17.7 Å². The normalized spacial score (nSPS) is 11.2. The number of carbonyl (C=O) groups is 1. The van der Waals surface area contributed by atoms with E-state index in [0.717, 1.165) is 27.1 Å². The molecular formula is C25H21N3O4. The van der Waals surface area contributed by atoms with E-state index in [0.29, 0.717) is 16.9 Å². The smallest absolute Gasteiger partial charge is 0.277 e. The molecule has 0 aliphatic heterocycles. The summed E-state index contributed by atoms with van der Waals surface area (Å²) in [6, 6.07) is 21.0. The number of rotatable bonds is 6. The number of nitro groups is 1. The Morgan fingerprint density at radius 2 is 1.56 bits per heavy atom. The van der Waals surface area contributed by atoms with Crippen molar-refractivity contribution in [3.8, 4) is 5.75 Å². The topological polar surface area (TPSA) is 93.8 Å². The Hall–Kier alpha value is -4.26. The van der Waals surface area contributed by atoms with Gasteiger partial charge in [0.1, 0.15) is 5.75 Å². The van der Waals surface area contributed by atoms with Crippen LogP contribution in [0.2, 0.25) is 0 Å². The van der Waals surface area contributed by atoms with Crippen LogP contribution in [0.5, 0.6) is 5.75 Å². The van der Waals surface area contributed by atoms with Crippen molar-refractivity contribution in [2.24, 2.45) is 5.10 Å². The lowest BCUT2D eigenvalue weighted by Gasteiger charge is -2.11. The third kappa shape index (κ3) is 4.27. The third-order valence-electron chi connectivity index (χ3n) is 5.20. The van der Waals surface area contributed by atoms with Gasteiger partial charge in [0.25, 0.3) is 11.6 Å². The van der Waals surface area contributed by atoms with Crippen LogP contribution in [0.3, 0.4) is 0 Å². The molecule has 0 spiro atoms. The second kappa shape index (κ2) is 8.85. The van der Waals surface area contributed by atoms with Crippen LogP contribution in [0.1, 0.15) is 16.7 Å². The number of hydrazone groups is 1. The zero-order valence-corrected chi connectivity index (χ0v) is 17.7. The van der Waals surface area contributed by atoms with Crippen LogP contribution in [-0.4, -0.2) is 23.7 Å². The van der Waals surface area contributed by atoms with E-state index in [1.807, 2.05) is 48.5 Å². The van der Waals surface area contributed by atoms with E-state index in [-0.39, 0.29) is 12.3 Å². The minimum absolute atomic E-state index is 0.0104. The van der Waals surface area contributed by atoms with Crippen LogP contribution in [0.25, 0.3) is 21.5 Å². The van der Waals surface area contributed by atoms with Crippen molar-refractivity contribution in [1.82, 2.24) is 5.43 Å². The Balaban J connectivity index is 1.50. The van der Waals surface area contributed by atoms with Crippen LogP contribution < -0.4 is 10.2 Å². The van der Waals surface area contributed by atoms with Gasteiger partial charge in [0.05, 0.1) is 11.1 Å². The third-order valence-corrected chi connectivity index (χ3v) is 5.20. The molecule has 0 aromatic heterocycles. The number of non-ortho nitro benzene ring substituents is 1. The first-order chi connectivity index (χ1) is 15.4. The van der Waals surface area contributed by atoms with Gasteiger partial charge in [-0.25, -0.2) is 5.43 Å². The molecule has 0 bridgehead atoms. The molecule has 0 saturated carbocycles. The maximum atomic E-state index is 12.3. The molecule has 4 rings (SSSR count). The highest BCUT2D eigenvalue weighted by Crippen LogP contribution is 2.29. The van der Waals surface area contributed by atoms with Gasteiger partial charge in [-0.05, 0) is 52.6 Å². The minimum Gasteiger partial charge on any atom is -0.483 e. The molecular weight excluding hydrogens is 406 g/mol. The number of nitro benzene ring substituents is 1. The van der Waals surface area contributed by atoms with Crippen LogP contribution in [0.15, 0.2) is 71.8 Å². The maximum Gasteiger partial charge on any atom is 0.277 e. The van der Waals surface area contributed by atoms with E-state index in [4.69, 9.17) is 4.74 Å². The highest BCUT2D eigenvalue weighted by atomic mass is 16.6. The number of nitrogens with one attached hydrogen (secondary N) is 1. The van der Waals surface area contributed by atoms with Gasteiger partial charge in [-0.2, -0.15) is 5.10 Å². The molecule has 0 saturated heterocycles. The predicted molar refractivity (Wildman–Crippen MR) is 125 cm³/mol. The Kier molecular flexibility index (Phi) is 5.81. The first-order valence-corrected chi connectivity index (χ1v) is 10.0. The average Bonchev–Trinajstić information content (AvgIpc) is 2.77. The zero-order valence-electron chi connectivity index (χ0n) is 17.7. The molecule has 1 amide bonds. The van der Waals surface area contributed by atoms with Crippen LogP contribution in [-0.2, 0) is 4.79 Å². The molecule has 160 valence electrons. The summed E-state index contributed by atoms with van der Waals surface area (Å²) in [4.78, 5) is 22.8. The van der Waals surface area contributed by atoms with Crippen molar-refractivity contribution in [3.63, 3.8) is 0 Å². The first kappa shape index (κ1) is 21.0. The number of carbonyl (C=O) groups excluding carboxylic acids is 1. The molecule has 0 radical (unpaired) electrons. The van der Waals surface area contributed by atoms with Crippen molar-refractivity contribution in [1.29, 1.82) is 0 Å². The van der Waals surface area contributed by atoms with E-state index >= 15 is 0 Å². The largest absolute Gasteiger partial charge is 0.483 e. The van der Waals surface area contributed by atoms with Crippen molar-refractivity contribution in [2.45, 2.75) is 13.8 Å². The lowest BCUT2D eigenvalue weighted by atomic mass is 9.97. The fraction of sp³-hybridized carbons (Fsp3) is 0.120. The van der Waals surface area contributed by atoms with E-state index in [2.05, 4.69) is 16.6 Å². The number of nitrogens with zero attached hydrogens (tertiary/aromatic N) is 2. The highest BCUT2D eigenvalue weighted by molar-refractivity contribution is 6.13. The summed E-state index contributed by atoms with van der Waals surface area (Å²) in [5, 5.41) is 19.4. The van der Waals surface area contributed by atoms with Gasteiger partial charge in [0.15, 0.2) is 6.61 Å². The van der Waals surface area contributed by atoms with Gasteiger partial charge < -0.3 is 4.74 Å². The minimum atomic E-state index is -0.456. The van der Waals surface area contributed by atoms with Crippen molar-refractivity contribution in [3.05, 3.63) is 93.5 Å². The fourth-order valence-electron chi connectivity index (χ4n) is 3.79. The summed E-state index contributed by atoms with van der Waals surface area (Å²) in [5.41, 5.74) is 4.59. The summed E-state index contributed by atoms with van der Waals surface area (Å²) < 4.78 is 5.60. The molecule has 4 aromatic carbocycles. The van der Waals surface area contributed by atoms with Crippen molar-refractivity contribution in [2.75, 3.05) is 6.61 Å². The molecule has 0 heterocycles. The molecule has 0 aliphatic carbocycles. The molecule has 4 aromatic rings. The van der Waals surface area contributed by atoms with Gasteiger partial charge in [-0.3, -0.25) is 14.9 Å². The molecule has 7 nitrogen and oxygen atoms in total. The number of aryl methyl sites for hydroxylation is 2. The predicted octanol–water partition coefficient (Wildman–Crippen LogP) is 5.05. The van der Waals surface area contributed by atoms with Crippen LogP contribution in [0, 0.1) is 24.0 Å². The van der Waals surface area contributed by atoms with Gasteiger partial charge in [-0.1, -0.05) is 48.5 Å². The monoisotopic (exact) mass is 427 g/mol. The second-order valence-corrected chi connectivity index (χ2v) is 7.48. The summed E-state index contributed by atoms with van der Waals surface area (Å²) >= 11 is 0. The van der Waals surface area contributed by atoms with E-state index < -0.39 is 10.8 Å². The Labute approximate surface area is 184 Å². The second-order valence-electron chi connectivity index (χ2n) is 7.48. The standard InChI is InChI=1S/C25H21N3O4/c1-16-11-20(28(30)31)12-17(2)25(16)32-15-24(29)27-26-14-23-21-9-5-3-7-18(21)13-19-8-4-6-10-22(19)23/h3-14H,15H2,1-2H3,(H,27,29)/b26-14-. The Morgan fingerprint density at radius 1 is 1.00 bits per heavy atom. The number of ether oxygens (including phenoxy) is 1. The molecule has 7 heteroatoms. The summed E-state index contributed by atoms with van der Waals surface area (Å²) in [5.74, 6) is 0.0257. The number of hydrogen-bond acceptors (Lipinski definition) is 5. The van der Waals surface area contributed by atoms with Crippen LogP contribution >= 0.6 is 0 Å². The lowest BCUT2D eigenvalue weighted by molar-refractivity contribution is -0.385. The van der Waals surface area contributed by atoms with Gasteiger partial charge >= 0.3 is 0 Å². The highest BCUT2D eigenvalue weighted by Gasteiger charge is 2.14. The molecule has 0 atom stereocenters.